The van der Waals surface area contributed by atoms with Crippen molar-refractivity contribution in [2.45, 2.75) is 38.6 Å². The number of likely N-dealkylation sites (tertiary alicyclic amines) is 1. The van der Waals surface area contributed by atoms with Crippen molar-refractivity contribution in [3.05, 3.63) is 24.2 Å². The Bertz CT molecular complexity index is 612. The Morgan fingerprint density at radius 2 is 2.17 bits per heavy atom. The van der Waals surface area contributed by atoms with Crippen molar-refractivity contribution in [3.8, 4) is 0 Å². The summed E-state index contributed by atoms with van der Waals surface area (Å²) in [7, 11) is 0. The van der Waals surface area contributed by atoms with Gasteiger partial charge in [0.1, 0.15) is 5.76 Å². The number of guanidine groups is 1. The number of ether oxygens (including phenoxy) is 2. The number of carbonyl (C=O) groups excluding carboxylic acids is 1. The lowest BCUT2D eigenvalue weighted by molar-refractivity contribution is 0.0963. The minimum absolute atomic E-state index is 0. The van der Waals surface area contributed by atoms with Crippen LogP contribution in [0.15, 0.2) is 27.8 Å². The van der Waals surface area contributed by atoms with Gasteiger partial charge in [0.2, 0.25) is 0 Å². The van der Waals surface area contributed by atoms with Gasteiger partial charge in [-0.15, -0.1) is 24.0 Å². The molecule has 3 heterocycles. The van der Waals surface area contributed by atoms with Gasteiger partial charge in [-0.2, -0.15) is 0 Å². The third-order valence-corrected chi connectivity index (χ3v) is 5.14. The van der Waals surface area contributed by atoms with E-state index in [4.69, 9.17) is 18.9 Å². The van der Waals surface area contributed by atoms with E-state index in [2.05, 4.69) is 10.6 Å². The van der Waals surface area contributed by atoms with Crippen molar-refractivity contribution in [2.75, 3.05) is 46.0 Å². The summed E-state index contributed by atoms with van der Waals surface area (Å²) in [6.45, 7) is 6.79. The number of carbonyl (C=O) groups is 1. The summed E-state index contributed by atoms with van der Waals surface area (Å²) in [5.74, 6) is 2.28. The Labute approximate surface area is 189 Å². The summed E-state index contributed by atoms with van der Waals surface area (Å²) >= 11 is 0. The fourth-order valence-electron chi connectivity index (χ4n) is 3.47. The van der Waals surface area contributed by atoms with E-state index in [9.17, 15) is 4.79 Å². The van der Waals surface area contributed by atoms with Crippen molar-refractivity contribution < 1.29 is 18.7 Å². The zero-order chi connectivity index (χ0) is 19.6. The van der Waals surface area contributed by atoms with Gasteiger partial charge >= 0.3 is 6.09 Å². The molecule has 164 valence electrons. The van der Waals surface area contributed by atoms with Crippen LogP contribution in [0, 0.1) is 5.92 Å². The number of hydrogen-bond acceptors (Lipinski definition) is 5. The molecule has 29 heavy (non-hydrogen) atoms. The molecule has 1 aromatic heterocycles. The van der Waals surface area contributed by atoms with Crippen LogP contribution in [0.2, 0.25) is 0 Å². The Morgan fingerprint density at radius 3 is 2.83 bits per heavy atom. The lowest BCUT2D eigenvalue weighted by Gasteiger charge is -2.32. The van der Waals surface area contributed by atoms with Gasteiger partial charge in [0.05, 0.1) is 19.5 Å². The van der Waals surface area contributed by atoms with E-state index in [1.165, 1.54) is 0 Å². The van der Waals surface area contributed by atoms with E-state index in [-0.39, 0.29) is 30.1 Å². The highest BCUT2D eigenvalue weighted by Gasteiger charge is 2.24. The van der Waals surface area contributed by atoms with Crippen LogP contribution in [0.3, 0.4) is 0 Å². The van der Waals surface area contributed by atoms with Crippen molar-refractivity contribution in [3.63, 3.8) is 0 Å². The molecule has 0 radical (unpaired) electrons. The van der Waals surface area contributed by atoms with Gasteiger partial charge in [-0.1, -0.05) is 0 Å². The summed E-state index contributed by atoms with van der Waals surface area (Å²) in [5.41, 5.74) is 0. The topological polar surface area (TPSA) is 88.3 Å². The molecule has 8 nitrogen and oxygen atoms in total. The minimum Gasteiger partial charge on any atom is -0.469 e. The molecule has 1 unspecified atom stereocenters. The Hall–Kier alpha value is -1.49. The monoisotopic (exact) mass is 520 g/mol. The van der Waals surface area contributed by atoms with Crippen LogP contribution in [0.25, 0.3) is 0 Å². The van der Waals surface area contributed by atoms with E-state index < -0.39 is 0 Å². The van der Waals surface area contributed by atoms with Gasteiger partial charge in [0, 0.05) is 51.2 Å². The summed E-state index contributed by atoms with van der Waals surface area (Å²) in [6.07, 6.45) is 5.12. The first-order chi connectivity index (χ1) is 13.7. The van der Waals surface area contributed by atoms with Gasteiger partial charge in [0.15, 0.2) is 5.96 Å². The number of rotatable bonds is 7. The fourth-order valence-corrected chi connectivity index (χ4v) is 3.47. The summed E-state index contributed by atoms with van der Waals surface area (Å²) in [4.78, 5) is 18.4. The van der Waals surface area contributed by atoms with Crippen LogP contribution in [-0.2, 0) is 15.9 Å². The molecule has 1 aromatic rings. The molecule has 9 heteroatoms. The molecule has 0 saturated carbocycles. The van der Waals surface area contributed by atoms with E-state index in [1.54, 1.807) is 11.2 Å². The Kier molecular flexibility index (Phi) is 10.6. The van der Waals surface area contributed by atoms with Gasteiger partial charge in [0.25, 0.3) is 0 Å². The number of halogens is 1. The molecule has 0 aliphatic carbocycles. The second-order valence-corrected chi connectivity index (χ2v) is 7.28. The third-order valence-electron chi connectivity index (χ3n) is 5.14. The smallest absolute Gasteiger partial charge is 0.409 e. The first-order valence-corrected chi connectivity index (χ1v) is 10.3. The molecule has 0 aromatic carbocycles. The van der Waals surface area contributed by atoms with E-state index in [0.29, 0.717) is 31.7 Å². The average molecular weight is 520 g/mol. The number of amides is 1. The number of nitrogens with zero attached hydrogens (tertiary/aromatic N) is 2. The molecule has 2 saturated heterocycles. The number of furan rings is 1. The van der Waals surface area contributed by atoms with Gasteiger partial charge in [-0.25, -0.2) is 4.79 Å². The molecule has 2 aliphatic rings. The first kappa shape index (κ1) is 23.8. The predicted octanol–water partition coefficient (Wildman–Crippen LogP) is 2.63. The molecule has 0 bridgehead atoms. The molecule has 2 aliphatic heterocycles. The Morgan fingerprint density at radius 1 is 1.34 bits per heavy atom. The van der Waals surface area contributed by atoms with E-state index in [1.807, 2.05) is 19.1 Å². The van der Waals surface area contributed by atoms with Gasteiger partial charge in [-0.05, 0) is 38.3 Å². The highest BCUT2D eigenvalue weighted by Crippen LogP contribution is 2.13. The van der Waals surface area contributed by atoms with Crippen LogP contribution in [0.1, 0.15) is 31.9 Å². The molecule has 1 atom stereocenters. The number of piperidine rings is 1. The molecular formula is C20H33IN4O4. The SMILES string of the molecule is CCOC(=O)N1CCC(NC(=NCC2CCOC2)NCCc2ccco2)CC1.I. The van der Waals surface area contributed by atoms with E-state index >= 15 is 0 Å². The molecular weight excluding hydrogens is 487 g/mol. The van der Waals surface area contributed by atoms with Gasteiger partial charge in [-0.3, -0.25) is 4.99 Å². The minimum atomic E-state index is -0.215. The summed E-state index contributed by atoms with van der Waals surface area (Å²) in [5, 5.41) is 6.96. The Balaban J connectivity index is 0.00000300. The highest BCUT2D eigenvalue weighted by molar-refractivity contribution is 14.0. The van der Waals surface area contributed by atoms with Gasteiger partial charge < -0.3 is 29.4 Å². The number of aliphatic imine (C=N–C) groups is 1. The van der Waals surface area contributed by atoms with Crippen LogP contribution < -0.4 is 10.6 Å². The summed E-state index contributed by atoms with van der Waals surface area (Å²) < 4.78 is 15.9. The normalized spacial score (nSPS) is 20.2. The van der Waals surface area contributed by atoms with Crippen LogP contribution >= 0.6 is 24.0 Å². The number of nitrogens with one attached hydrogen (secondary N) is 2. The number of hydrogen-bond donors (Lipinski definition) is 2. The maximum atomic E-state index is 11.9. The maximum absolute atomic E-state index is 11.9. The quantitative estimate of drug-likeness (QED) is 0.327. The second kappa shape index (κ2) is 12.9. The van der Waals surface area contributed by atoms with Crippen molar-refractivity contribution in [1.82, 2.24) is 15.5 Å². The highest BCUT2D eigenvalue weighted by atomic mass is 127. The van der Waals surface area contributed by atoms with Crippen LogP contribution in [0.4, 0.5) is 4.79 Å². The molecule has 2 N–H and O–H groups in total. The molecule has 1 amide bonds. The fraction of sp³-hybridized carbons (Fsp3) is 0.700. The first-order valence-electron chi connectivity index (χ1n) is 10.3. The largest absolute Gasteiger partial charge is 0.469 e. The van der Waals surface area contributed by atoms with Crippen molar-refractivity contribution in [2.24, 2.45) is 10.9 Å². The molecule has 0 spiro atoms. The zero-order valence-electron chi connectivity index (χ0n) is 17.1. The van der Waals surface area contributed by atoms with Crippen molar-refractivity contribution >= 4 is 36.0 Å². The standard InChI is InChI=1S/C20H32N4O4.HI/c1-2-27-20(25)24-10-6-17(7-11-24)23-19(22-14-16-8-13-26-15-16)21-9-5-18-4-3-12-28-18;/h3-4,12,16-17H,2,5-11,13-15H2,1H3,(H2,21,22,23);1H. The van der Waals surface area contributed by atoms with Crippen molar-refractivity contribution in [1.29, 1.82) is 0 Å². The van der Waals surface area contributed by atoms with Crippen LogP contribution in [0.5, 0.6) is 0 Å². The van der Waals surface area contributed by atoms with Crippen LogP contribution in [-0.4, -0.2) is 69.0 Å². The lowest BCUT2D eigenvalue weighted by atomic mass is 10.1. The zero-order valence-corrected chi connectivity index (χ0v) is 19.4. The van der Waals surface area contributed by atoms with E-state index in [0.717, 1.165) is 63.7 Å². The average Bonchev–Trinajstić information content (AvgIpc) is 3.41. The third kappa shape index (κ3) is 8.04. The summed E-state index contributed by atoms with van der Waals surface area (Å²) in [6, 6.07) is 4.17. The molecule has 2 fully saturated rings. The maximum Gasteiger partial charge on any atom is 0.409 e. The second-order valence-electron chi connectivity index (χ2n) is 7.28. The molecule has 3 rings (SSSR count). The lowest BCUT2D eigenvalue weighted by Crippen LogP contribution is -2.50. The predicted molar refractivity (Wildman–Crippen MR) is 122 cm³/mol.